The summed E-state index contributed by atoms with van der Waals surface area (Å²) in [6, 6.07) is 21.3. The third-order valence-corrected chi connectivity index (χ3v) is 7.01. The lowest BCUT2D eigenvalue weighted by molar-refractivity contribution is 0.144. The first-order valence-electron chi connectivity index (χ1n) is 13.0. The van der Waals surface area contributed by atoms with E-state index >= 15 is 0 Å². The topological polar surface area (TPSA) is 38.3 Å². The quantitative estimate of drug-likeness (QED) is 0.364. The zero-order valence-corrected chi connectivity index (χ0v) is 22.3. The molecule has 1 amide bonds. The van der Waals surface area contributed by atoms with E-state index in [1.54, 1.807) is 0 Å². The van der Waals surface area contributed by atoms with Crippen LogP contribution in [-0.2, 0) is 4.74 Å². The van der Waals surface area contributed by atoms with Crippen LogP contribution in [0.5, 0.6) is 0 Å². The summed E-state index contributed by atoms with van der Waals surface area (Å²) < 4.78 is 5.64. The Labute approximate surface area is 216 Å². The van der Waals surface area contributed by atoms with E-state index in [4.69, 9.17) is 4.74 Å². The monoisotopic (exact) mass is 479 g/mol. The van der Waals surface area contributed by atoms with Crippen LogP contribution in [0.4, 0.5) is 4.79 Å². The number of hydrogen-bond acceptors (Lipinski definition) is 2. The predicted molar refractivity (Wildman–Crippen MR) is 149 cm³/mol. The van der Waals surface area contributed by atoms with Gasteiger partial charge in [0.25, 0.3) is 0 Å². The molecule has 0 saturated carbocycles. The minimum atomic E-state index is -0.436. The molecule has 3 nitrogen and oxygen atoms in total. The molecule has 0 heterocycles. The van der Waals surface area contributed by atoms with Gasteiger partial charge >= 0.3 is 6.09 Å². The molecule has 0 radical (unpaired) electrons. The molecule has 186 valence electrons. The lowest BCUT2D eigenvalue weighted by atomic mass is 9.84. The molecule has 1 aliphatic carbocycles. The Balaban J connectivity index is 1.43. The number of benzene rings is 3. The molecule has 0 aliphatic heterocycles. The molecule has 3 heteroatoms. The summed E-state index contributed by atoms with van der Waals surface area (Å²) in [4.78, 5) is 12.5. The van der Waals surface area contributed by atoms with Crippen LogP contribution in [0.3, 0.4) is 0 Å². The zero-order valence-electron chi connectivity index (χ0n) is 22.3. The van der Waals surface area contributed by atoms with Gasteiger partial charge in [-0.15, -0.1) is 0 Å². The van der Waals surface area contributed by atoms with Gasteiger partial charge in [-0.2, -0.15) is 0 Å². The highest BCUT2D eigenvalue weighted by molar-refractivity contribution is 5.79. The lowest BCUT2D eigenvalue weighted by Gasteiger charge is -2.20. The van der Waals surface area contributed by atoms with E-state index in [0.29, 0.717) is 24.4 Å². The first-order chi connectivity index (χ1) is 17.3. The second-order valence-electron chi connectivity index (χ2n) is 10.5. The van der Waals surface area contributed by atoms with E-state index in [9.17, 15) is 4.79 Å². The Bertz CT molecular complexity index is 1230. The van der Waals surface area contributed by atoms with Crippen molar-refractivity contribution in [2.45, 2.75) is 65.2 Å². The number of nitrogens with one attached hydrogen (secondary N) is 1. The van der Waals surface area contributed by atoms with Crippen LogP contribution in [-0.4, -0.2) is 19.2 Å². The van der Waals surface area contributed by atoms with Crippen LogP contribution in [0.1, 0.15) is 98.6 Å². The van der Waals surface area contributed by atoms with Gasteiger partial charge in [0.15, 0.2) is 0 Å². The molecule has 1 N–H and O–H groups in total. The van der Waals surface area contributed by atoms with Gasteiger partial charge in [-0.1, -0.05) is 114 Å². The molecule has 0 bridgehead atoms. The summed E-state index contributed by atoms with van der Waals surface area (Å²) in [6.45, 7) is 13.9. The van der Waals surface area contributed by atoms with Crippen molar-refractivity contribution in [2.75, 3.05) is 13.2 Å². The summed E-state index contributed by atoms with van der Waals surface area (Å²) in [5.41, 5.74) is 9.86. The van der Waals surface area contributed by atoms with Crippen molar-refractivity contribution in [3.8, 4) is 23.0 Å². The van der Waals surface area contributed by atoms with Crippen LogP contribution in [0.25, 0.3) is 11.1 Å². The number of fused-ring (bicyclic) bond motifs is 3. The van der Waals surface area contributed by atoms with Gasteiger partial charge in [-0.05, 0) is 56.7 Å². The average Bonchev–Trinajstić information content (AvgIpc) is 3.18. The Morgan fingerprint density at radius 1 is 0.833 bits per heavy atom. The van der Waals surface area contributed by atoms with E-state index < -0.39 is 6.09 Å². The fourth-order valence-corrected chi connectivity index (χ4v) is 5.00. The standard InChI is InChI=1S/C33H37NO2/c1-21(2)24-18-30(22(3)4)29(31(19-24)23(5)6)16-11-17-34-33(35)36-20-32-27-14-9-7-12-25(27)26-13-8-10-15-28(26)32/h7-10,12-15,18-19,21-23,32H,17,20H2,1-6H3,(H,34,35). The van der Waals surface area contributed by atoms with Crippen LogP contribution < -0.4 is 5.32 Å². The first kappa shape index (κ1) is 25.6. The van der Waals surface area contributed by atoms with Gasteiger partial charge in [0.05, 0.1) is 6.54 Å². The van der Waals surface area contributed by atoms with Crippen molar-refractivity contribution in [1.29, 1.82) is 0 Å². The second-order valence-corrected chi connectivity index (χ2v) is 10.5. The normalized spacial score (nSPS) is 12.4. The van der Waals surface area contributed by atoms with Gasteiger partial charge < -0.3 is 10.1 Å². The first-order valence-corrected chi connectivity index (χ1v) is 13.0. The Kier molecular flexibility index (Phi) is 7.85. The van der Waals surface area contributed by atoms with E-state index in [-0.39, 0.29) is 12.5 Å². The maximum atomic E-state index is 12.5. The minimum absolute atomic E-state index is 0.0518. The summed E-state index contributed by atoms with van der Waals surface area (Å²) in [5.74, 6) is 7.81. The van der Waals surface area contributed by atoms with E-state index in [2.05, 4.69) is 107 Å². The summed E-state index contributed by atoms with van der Waals surface area (Å²) in [7, 11) is 0. The molecule has 1 aliphatic rings. The molecule has 0 aromatic heterocycles. The number of ether oxygens (including phenoxy) is 1. The molecule has 3 aromatic carbocycles. The van der Waals surface area contributed by atoms with Crippen LogP contribution in [0.15, 0.2) is 60.7 Å². The van der Waals surface area contributed by atoms with Crippen LogP contribution >= 0.6 is 0 Å². The molecule has 0 fully saturated rings. The molecule has 4 rings (SSSR count). The third kappa shape index (κ3) is 5.34. The van der Waals surface area contributed by atoms with Crippen LogP contribution in [0, 0.1) is 11.8 Å². The highest BCUT2D eigenvalue weighted by Crippen LogP contribution is 2.44. The van der Waals surface area contributed by atoms with E-state index in [1.165, 1.54) is 38.9 Å². The molecular weight excluding hydrogens is 442 g/mol. The number of hydrogen-bond donors (Lipinski definition) is 1. The largest absolute Gasteiger partial charge is 0.449 e. The van der Waals surface area contributed by atoms with Gasteiger partial charge in [0.2, 0.25) is 0 Å². The van der Waals surface area contributed by atoms with Gasteiger partial charge in [0, 0.05) is 11.5 Å². The van der Waals surface area contributed by atoms with E-state index in [1.807, 2.05) is 12.1 Å². The fraction of sp³-hybridized carbons (Fsp3) is 0.364. The Morgan fingerprint density at radius 3 is 1.86 bits per heavy atom. The molecule has 0 spiro atoms. The van der Waals surface area contributed by atoms with Gasteiger partial charge in [0.1, 0.15) is 6.61 Å². The fourth-order valence-electron chi connectivity index (χ4n) is 5.00. The smallest absolute Gasteiger partial charge is 0.407 e. The molecule has 3 aromatic rings. The summed E-state index contributed by atoms with van der Waals surface area (Å²) in [5, 5.41) is 2.82. The number of carbonyl (C=O) groups is 1. The minimum Gasteiger partial charge on any atom is -0.449 e. The molecule has 0 saturated heterocycles. The van der Waals surface area contributed by atoms with Crippen molar-refractivity contribution in [1.82, 2.24) is 5.32 Å². The predicted octanol–water partition coefficient (Wildman–Crippen LogP) is 7.95. The van der Waals surface area contributed by atoms with Crippen molar-refractivity contribution in [3.05, 3.63) is 94.0 Å². The highest BCUT2D eigenvalue weighted by Gasteiger charge is 2.28. The van der Waals surface area contributed by atoms with E-state index in [0.717, 1.165) is 5.56 Å². The molecule has 36 heavy (non-hydrogen) atoms. The number of carbonyl (C=O) groups excluding carboxylic acids is 1. The number of alkyl carbamates (subject to hydrolysis) is 1. The van der Waals surface area contributed by atoms with Gasteiger partial charge in [-0.25, -0.2) is 4.79 Å². The maximum Gasteiger partial charge on any atom is 0.407 e. The number of amides is 1. The molecular formula is C33H37NO2. The summed E-state index contributed by atoms with van der Waals surface area (Å²) in [6.07, 6.45) is -0.436. The van der Waals surface area contributed by atoms with Crippen molar-refractivity contribution >= 4 is 6.09 Å². The van der Waals surface area contributed by atoms with Gasteiger partial charge in [-0.3, -0.25) is 0 Å². The number of rotatable bonds is 6. The molecule has 0 unspecified atom stereocenters. The highest BCUT2D eigenvalue weighted by atomic mass is 16.5. The van der Waals surface area contributed by atoms with Crippen molar-refractivity contribution < 1.29 is 9.53 Å². The maximum absolute atomic E-state index is 12.5. The van der Waals surface area contributed by atoms with Crippen LogP contribution in [0.2, 0.25) is 0 Å². The SMILES string of the molecule is CC(C)c1cc(C(C)C)c(C#CCNC(=O)OCC2c3ccccc3-c3ccccc32)c(C(C)C)c1. The lowest BCUT2D eigenvalue weighted by Crippen LogP contribution is -2.26. The third-order valence-electron chi connectivity index (χ3n) is 7.01. The molecule has 0 atom stereocenters. The average molecular weight is 480 g/mol. The Hall–Kier alpha value is -3.51. The zero-order chi connectivity index (χ0) is 25.8. The second kappa shape index (κ2) is 11.0. The summed E-state index contributed by atoms with van der Waals surface area (Å²) >= 11 is 0. The Morgan fingerprint density at radius 2 is 1.36 bits per heavy atom. The van der Waals surface area contributed by atoms with Crippen molar-refractivity contribution in [2.24, 2.45) is 0 Å². The van der Waals surface area contributed by atoms with Crippen molar-refractivity contribution in [3.63, 3.8) is 0 Å².